The lowest BCUT2D eigenvalue weighted by Crippen LogP contribution is -2.49. The van der Waals surface area contributed by atoms with Crippen molar-refractivity contribution >= 4 is 29.1 Å². The van der Waals surface area contributed by atoms with Crippen LogP contribution in [0.2, 0.25) is 5.02 Å². The molecule has 1 saturated heterocycles. The Kier molecular flexibility index (Phi) is 9.62. The van der Waals surface area contributed by atoms with Crippen molar-refractivity contribution in [2.75, 3.05) is 31.1 Å². The Hall–Kier alpha value is -1.75. The van der Waals surface area contributed by atoms with Crippen molar-refractivity contribution in [3.63, 3.8) is 0 Å². The minimum absolute atomic E-state index is 0.0195. The topological polar surface area (TPSA) is 52.7 Å². The lowest BCUT2D eigenvalue weighted by molar-refractivity contribution is -0.134. The molecule has 0 bridgehead atoms. The van der Waals surface area contributed by atoms with Gasteiger partial charge in [-0.1, -0.05) is 50.3 Å². The number of rotatable bonds is 10. The van der Waals surface area contributed by atoms with Crippen molar-refractivity contribution in [1.82, 2.24) is 10.2 Å². The number of piperazine rings is 1. The van der Waals surface area contributed by atoms with E-state index in [1.807, 2.05) is 36.1 Å². The van der Waals surface area contributed by atoms with E-state index in [1.54, 1.807) is 0 Å². The van der Waals surface area contributed by atoms with E-state index in [0.29, 0.717) is 13.1 Å². The molecule has 0 aromatic heterocycles. The summed E-state index contributed by atoms with van der Waals surface area (Å²) in [5, 5.41) is 3.74. The number of benzene rings is 1. The standard InChI is InChI=1S/C22H34ClN3O2/c1-3-4-5-6-8-18(2)24-21(27)11-12-22(28)26-15-13-25(14-16-26)20-10-7-9-19(23)17-20/h7,9-10,17-18H,3-6,8,11-16H2,1-2H3,(H,24,27)/t18-/m1/s1. The highest BCUT2D eigenvalue weighted by Crippen LogP contribution is 2.21. The number of carbonyl (C=O) groups is 2. The van der Waals surface area contributed by atoms with Gasteiger partial charge in [-0.15, -0.1) is 0 Å². The SMILES string of the molecule is CCCCCC[C@@H](C)NC(=O)CCC(=O)N1CCN(c2cccc(Cl)c2)CC1. The summed E-state index contributed by atoms with van der Waals surface area (Å²) in [6, 6.07) is 7.98. The van der Waals surface area contributed by atoms with E-state index < -0.39 is 0 Å². The maximum atomic E-state index is 12.4. The third-order valence-electron chi connectivity index (χ3n) is 5.27. The van der Waals surface area contributed by atoms with Crippen LogP contribution < -0.4 is 10.2 Å². The summed E-state index contributed by atoms with van der Waals surface area (Å²) in [5.74, 6) is 0.0467. The number of anilines is 1. The average Bonchev–Trinajstić information content (AvgIpc) is 2.69. The highest BCUT2D eigenvalue weighted by Gasteiger charge is 2.22. The van der Waals surface area contributed by atoms with Gasteiger partial charge in [0, 0.05) is 55.8 Å². The minimum atomic E-state index is -0.0195. The summed E-state index contributed by atoms with van der Waals surface area (Å²) in [6.07, 6.45) is 6.39. The van der Waals surface area contributed by atoms with Crippen LogP contribution in [-0.2, 0) is 9.59 Å². The molecule has 2 amide bonds. The second-order valence-corrected chi connectivity index (χ2v) is 8.10. The van der Waals surface area contributed by atoms with E-state index >= 15 is 0 Å². The molecule has 1 aromatic rings. The largest absolute Gasteiger partial charge is 0.368 e. The van der Waals surface area contributed by atoms with Crippen molar-refractivity contribution in [2.45, 2.75) is 64.8 Å². The van der Waals surface area contributed by atoms with Gasteiger partial charge >= 0.3 is 0 Å². The first-order valence-corrected chi connectivity index (χ1v) is 10.9. The predicted octanol–water partition coefficient (Wildman–Crippen LogP) is 4.24. The maximum absolute atomic E-state index is 12.4. The van der Waals surface area contributed by atoms with Crippen molar-refractivity contribution in [2.24, 2.45) is 0 Å². The van der Waals surface area contributed by atoms with E-state index in [0.717, 1.165) is 36.6 Å². The van der Waals surface area contributed by atoms with Gasteiger partial charge in [-0.3, -0.25) is 9.59 Å². The van der Waals surface area contributed by atoms with Crippen molar-refractivity contribution < 1.29 is 9.59 Å². The molecular formula is C22H34ClN3O2. The molecule has 1 atom stereocenters. The number of amides is 2. The molecule has 1 aliphatic heterocycles. The number of halogens is 1. The van der Waals surface area contributed by atoms with E-state index in [2.05, 4.69) is 17.1 Å². The number of hydrogen-bond acceptors (Lipinski definition) is 3. The summed E-state index contributed by atoms with van der Waals surface area (Å²) in [6.45, 7) is 7.17. The number of nitrogens with one attached hydrogen (secondary N) is 1. The fourth-order valence-electron chi connectivity index (χ4n) is 3.56. The molecule has 0 radical (unpaired) electrons. The van der Waals surface area contributed by atoms with Gasteiger partial charge in [-0.05, 0) is 31.5 Å². The molecule has 0 aliphatic carbocycles. The second kappa shape index (κ2) is 11.9. The maximum Gasteiger partial charge on any atom is 0.223 e. The first kappa shape index (κ1) is 22.5. The Balaban J connectivity index is 1.65. The van der Waals surface area contributed by atoms with Gasteiger partial charge in [0.25, 0.3) is 0 Å². The summed E-state index contributed by atoms with van der Waals surface area (Å²) < 4.78 is 0. The van der Waals surface area contributed by atoms with Crippen LogP contribution >= 0.6 is 11.6 Å². The molecule has 1 heterocycles. The Morgan fingerprint density at radius 1 is 1.11 bits per heavy atom. The predicted molar refractivity (Wildman–Crippen MR) is 116 cm³/mol. The summed E-state index contributed by atoms with van der Waals surface area (Å²) in [7, 11) is 0. The normalized spacial score (nSPS) is 15.4. The molecule has 6 heteroatoms. The van der Waals surface area contributed by atoms with Gasteiger partial charge in [0.15, 0.2) is 0 Å². The molecule has 0 saturated carbocycles. The van der Waals surface area contributed by atoms with Crippen LogP contribution in [0.3, 0.4) is 0 Å². The van der Waals surface area contributed by atoms with Gasteiger partial charge in [-0.25, -0.2) is 0 Å². The molecule has 2 rings (SSSR count). The van der Waals surface area contributed by atoms with Crippen LogP contribution in [0, 0.1) is 0 Å². The molecular weight excluding hydrogens is 374 g/mol. The third kappa shape index (κ3) is 7.70. The molecule has 5 nitrogen and oxygen atoms in total. The smallest absolute Gasteiger partial charge is 0.223 e. The fraction of sp³-hybridized carbons (Fsp3) is 0.636. The molecule has 1 aliphatic rings. The van der Waals surface area contributed by atoms with Gasteiger partial charge in [-0.2, -0.15) is 0 Å². The van der Waals surface area contributed by atoms with Gasteiger partial charge in [0.05, 0.1) is 0 Å². The minimum Gasteiger partial charge on any atom is -0.368 e. The monoisotopic (exact) mass is 407 g/mol. The van der Waals surface area contributed by atoms with Crippen molar-refractivity contribution in [3.05, 3.63) is 29.3 Å². The van der Waals surface area contributed by atoms with Crippen LogP contribution in [0.15, 0.2) is 24.3 Å². The van der Waals surface area contributed by atoms with Crippen LogP contribution in [0.25, 0.3) is 0 Å². The average molecular weight is 408 g/mol. The van der Waals surface area contributed by atoms with Crippen molar-refractivity contribution in [1.29, 1.82) is 0 Å². The number of carbonyl (C=O) groups excluding carboxylic acids is 2. The van der Waals surface area contributed by atoms with E-state index in [4.69, 9.17) is 11.6 Å². The fourth-order valence-corrected chi connectivity index (χ4v) is 3.75. The molecule has 28 heavy (non-hydrogen) atoms. The number of hydrogen-bond donors (Lipinski definition) is 1. The van der Waals surface area contributed by atoms with E-state index in [1.165, 1.54) is 19.3 Å². The highest BCUT2D eigenvalue weighted by molar-refractivity contribution is 6.30. The van der Waals surface area contributed by atoms with Gasteiger partial charge in [0.2, 0.25) is 11.8 Å². The Bertz CT molecular complexity index is 630. The molecule has 1 fully saturated rings. The van der Waals surface area contributed by atoms with Crippen molar-refractivity contribution in [3.8, 4) is 0 Å². The Morgan fingerprint density at radius 3 is 2.54 bits per heavy atom. The molecule has 0 unspecified atom stereocenters. The van der Waals surface area contributed by atoms with Crippen LogP contribution in [-0.4, -0.2) is 48.9 Å². The molecule has 1 N–H and O–H groups in total. The summed E-state index contributed by atoms with van der Waals surface area (Å²) in [4.78, 5) is 28.6. The van der Waals surface area contributed by atoms with Gasteiger partial charge < -0.3 is 15.1 Å². The Morgan fingerprint density at radius 2 is 1.86 bits per heavy atom. The summed E-state index contributed by atoms with van der Waals surface area (Å²) >= 11 is 6.06. The highest BCUT2D eigenvalue weighted by atomic mass is 35.5. The molecule has 0 spiro atoms. The third-order valence-corrected chi connectivity index (χ3v) is 5.50. The zero-order chi connectivity index (χ0) is 20.4. The quantitative estimate of drug-likeness (QED) is 0.590. The zero-order valence-electron chi connectivity index (χ0n) is 17.3. The molecule has 1 aromatic carbocycles. The van der Waals surface area contributed by atoms with Gasteiger partial charge in [0.1, 0.15) is 0 Å². The first-order valence-electron chi connectivity index (χ1n) is 10.6. The Labute approximate surface area is 174 Å². The lowest BCUT2D eigenvalue weighted by atomic mass is 10.1. The number of nitrogens with zero attached hydrogens (tertiary/aromatic N) is 2. The zero-order valence-corrected chi connectivity index (χ0v) is 18.0. The van der Waals surface area contributed by atoms with Crippen LogP contribution in [0.5, 0.6) is 0 Å². The second-order valence-electron chi connectivity index (χ2n) is 7.67. The summed E-state index contributed by atoms with van der Waals surface area (Å²) in [5.41, 5.74) is 1.09. The lowest BCUT2D eigenvalue weighted by Gasteiger charge is -2.36. The molecule has 156 valence electrons. The van der Waals surface area contributed by atoms with E-state index in [-0.39, 0.29) is 30.7 Å². The van der Waals surface area contributed by atoms with E-state index in [9.17, 15) is 9.59 Å². The number of unbranched alkanes of at least 4 members (excludes halogenated alkanes) is 3. The first-order chi connectivity index (χ1) is 13.5. The van der Waals surface area contributed by atoms with Crippen LogP contribution in [0.1, 0.15) is 58.8 Å². The van der Waals surface area contributed by atoms with Crippen LogP contribution in [0.4, 0.5) is 5.69 Å².